The summed E-state index contributed by atoms with van der Waals surface area (Å²) in [5.74, 6) is 2.38. The van der Waals surface area contributed by atoms with E-state index in [4.69, 9.17) is 9.47 Å². The number of hydrogen-bond acceptors (Lipinski definition) is 6. The number of rotatable bonds is 9. The third kappa shape index (κ3) is 4.76. The molecular formula is C22H26N4O3S. The smallest absolute Gasteiger partial charge is 0.237 e. The van der Waals surface area contributed by atoms with Crippen LogP contribution in [0.3, 0.4) is 0 Å². The molecule has 0 atom stereocenters. The van der Waals surface area contributed by atoms with E-state index in [0.717, 1.165) is 11.3 Å². The first-order chi connectivity index (χ1) is 14.6. The summed E-state index contributed by atoms with van der Waals surface area (Å²) >= 11 is 1.39. The maximum Gasteiger partial charge on any atom is 0.237 e. The number of hydrogen-bond donors (Lipinski definition) is 0. The number of amides is 1. The summed E-state index contributed by atoms with van der Waals surface area (Å²) in [6.45, 7) is 5.28. The summed E-state index contributed by atoms with van der Waals surface area (Å²) in [5, 5.41) is 9.39. The highest BCUT2D eigenvalue weighted by Gasteiger charge is 2.19. The van der Waals surface area contributed by atoms with Crippen molar-refractivity contribution in [2.45, 2.75) is 25.5 Å². The van der Waals surface area contributed by atoms with Crippen LogP contribution in [0, 0.1) is 0 Å². The van der Waals surface area contributed by atoms with Crippen LogP contribution in [-0.2, 0) is 11.3 Å². The van der Waals surface area contributed by atoms with Gasteiger partial charge in [-0.15, -0.1) is 10.2 Å². The number of carbonyl (C=O) groups is 1. The summed E-state index contributed by atoms with van der Waals surface area (Å²) in [5.41, 5.74) is 1.74. The molecule has 1 aromatic heterocycles. The highest BCUT2D eigenvalue weighted by Crippen LogP contribution is 2.31. The zero-order valence-corrected chi connectivity index (χ0v) is 18.5. The average Bonchev–Trinajstić information content (AvgIpc) is 3.21. The number of aromatic nitrogens is 3. The standard InChI is InChI=1S/C22H26N4O3S/c1-5-25(17-10-8-7-9-11-17)20(27)15-30-22-24-23-21(26(22)6-2)16-12-18(28-3)14-19(13-16)29-4/h7-14H,5-6,15H2,1-4H3. The third-order valence-corrected chi connectivity index (χ3v) is 5.60. The van der Waals surface area contributed by atoms with E-state index in [2.05, 4.69) is 10.2 Å². The highest BCUT2D eigenvalue weighted by atomic mass is 32.2. The van der Waals surface area contributed by atoms with Gasteiger partial charge in [0.25, 0.3) is 0 Å². The van der Waals surface area contributed by atoms with Crippen molar-refractivity contribution in [1.82, 2.24) is 14.8 Å². The lowest BCUT2D eigenvalue weighted by Crippen LogP contribution is -2.32. The summed E-state index contributed by atoms with van der Waals surface area (Å²) in [6.07, 6.45) is 0. The fraction of sp³-hybridized carbons (Fsp3) is 0.318. The van der Waals surface area contributed by atoms with Gasteiger partial charge in [0.05, 0.1) is 20.0 Å². The number of ether oxygens (including phenoxy) is 2. The van der Waals surface area contributed by atoms with Crippen LogP contribution in [0.2, 0.25) is 0 Å². The number of nitrogens with zero attached hydrogens (tertiary/aromatic N) is 4. The molecule has 7 nitrogen and oxygen atoms in total. The van der Waals surface area contributed by atoms with E-state index in [1.165, 1.54) is 11.8 Å². The van der Waals surface area contributed by atoms with Gasteiger partial charge in [-0.3, -0.25) is 4.79 Å². The van der Waals surface area contributed by atoms with Gasteiger partial charge in [0.15, 0.2) is 11.0 Å². The first-order valence-electron chi connectivity index (χ1n) is 9.76. The Morgan fingerprint density at radius 3 is 2.27 bits per heavy atom. The van der Waals surface area contributed by atoms with Crippen molar-refractivity contribution in [3.8, 4) is 22.9 Å². The number of carbonyl (C=O) groups excluding carboxylic acids is 1. The van der Waals surface area contributed by atoms with Crippen LogP contribution in [0.25, 0.3) is 11.4 Å². The van der Waals surface area contributed by atoms with Crippen molar-refractivity contribution in [2.75, 3.05) is 31.4 Å². The highest BCUT2D eigenvalue weighted by molar-refractivity contribution is 7.99. The van der Waals surface area contributed by atoms with Gasteiger partial charge in [-0.2, -0.15) is 0 Å². The molecule has 3 aromatic rings. The molecule has 8 heteroatoms. The van der Waals surface area contributed by atoms with E-state index in [9.17, 15) is 4.79 Å². The van der Waals surface area contributed by atoms with Crippen LogP contribution in [0.5, 0.6) is 11.5 Å². The molecule has 0 saturated heterocycles. The Hall–Kier alpha value is -3.00. The largest absolute Gasteiger partial charge is 0.497 e. The van der Waals surface area contributed by atoms with Gasteiger partial charge in [-0.25, -0.2) is 0 Å². The second-order valence-corrected chi connectivity index (χ2v) is 7.36. The molecule has 0 bridgehead atoms. The molecular weight excluding hydrogens is 400 g/mol. The van der Waals surface area contributed by atoms with E-state index in [-0.39, 0.29) is 11.7 Å². The minimum absolute atomic E-state index is 0.0314. The first kappa shape index (κ1) is 21.7. The average molecular weight is 427 g/mol. The van der Waals surface area contributed by atoms with Crippen LogP contribution in [-0.4, -0.2) is 47.2 Å². The van der Waals surface area contributed by atoms with Gasteiger partial charge in [0, 0.05) is 30.4 Å². The predicted molar refractivity (Wildman–Crippen MR) is 119 cm³/mol. The lowest BCUT2D eigenvalue weighted by atomic mass is 10.2. The van der Waals surface area contributed by atoms with Gasteiger partial charge < -0.3 is 18.9 Å². The van der Waals surface area contributed by atoms with E-state index in [1.54, 1.807) is 19.1 Å². The fourth-order valence-corrected chi connectivity index (χ4v) is 4.02. The lowest BCUT2D eigenvalue weighted by molar-refractivity contribution is -0.116. The van der Waals surface area contributed by atoms with E-state index >= 15 is 0 Å². The second-order valence-electron chi connectivity index (χ2n) is 6.41. The molecule has 0 fully saturated rings. The Bertz CT molecular complexity index is 969. The van der Waals surface area contributed by atoms with Crippen LogP contribution in [0.4, 0.5) is 5.69 Å². The number of methoxy groups -OCH3 is 2. The Labute approximate surface area is 181 Å². The van der Waals surface area contributed by atoms with E-state index in [1.807, 2.05) is 66.9 Å². The monoisotopic (exact) mass is 426 g/mol. The number of para-hydroxylation sites is 1. The van der Waals surface area contributed by atoms with Crippen molar-refractivity contribution in [3.63, 3.8) is 0 Å². The van der Waals surface area contributed by atoms with Crippen molar-refractivity contribution in [2.24, 2.45) is 0 Å². The normalized spacial score (nSPS) is 10.7. The summed E-state index contributed by atoms with van der Waals surface area (Å²) in [7, 11) is 3.23. The SMILES string of the molecule is CCN(C(=O)CSc1nnc(-c2cc(OC)cc(OC)c2)n1CC)c1ccccc1. The van der Waals surface area contributed by atoms with Crippen LogP contribution in [0.1, 0.15) is 13.8 Å². The van der Waals surface area contributed by atoms with Crippen LogP contribution in [0.15, 0.2) is 53.7 Å². The lowest BCUT2D eigenvalue weighted by Gasteiger charge is -2.20. The van der Waals surface area contributed by atoms with Gasteiger partial charge in [-0.05, 0) is 38.1 Å². The molecule has 0 aliphatic rings. The first-order valence-corrected chi connectivity index (χ1v) is 10.7. The maximum absolute atomic E-state index is 12.8. The molecule has 2 aromatic carbocycles. The molecule has 0 spiro atoms. The molecule has 0 radical (unpaired) electrons. The molecule has 0 aliphatic carbocycles. The van der Waals surface area contributed by atoms with Gasteiger partial charge in [0.2, 0.25) is 5.91 Å². The maximum atomic E-state index is 12.8. The van der Waals surface area contributed by atoms with Crippen LogP contribution < -0.4 is 14.4 Å². The van der Waals surface area contributed by atoms with Gasteiger partial charge in [-0.1, -0.05) is 30.0 Å². The van der Waals surface area contributed by atoms with E-state index < -0.39 is 0 Å². The molecule has 1 amide bonds. The Kier molecular flexibility index (Phi) is 7.35. The molecule has 3 rings (SSSR count). The van der Waals surface area contributed by atoms with E-state index in [0.29, 0.717) is 35.6 Å². The molecule has 1 heterocycles. The van der Waals surface area contributed by atoms with Crippen molar-refractivity contribution in [3.05, 3.63) is 48.5 Å². The quantitative estimate of drug-likeness (QED) is 0.479. The summed E-state index contributed by atoms with van der Waals surface area (Å²) in [4.78, 5) is 14.6. The van der Waals surface area contributed by atoms with Gasteiger partial charge >= 0.3 is 0 Å². The molecule has 0 unspecified atom stereocenters. The van der Waals surface area contributed by atoms with Crippen molar-refractivity contribution in [1.29, 1.82) is 0 Å². The molecule has 0 N–H and O–H groups in total. The Balaban J connectivity index is 1.80. The Morgan fingerprint density at radius 1 is 1.03 bits per heavy atom. The minimum atomic E-state index is 0.0314. The summed E-state index contributed by atoms with van der Waals surface area (Å²) in [6, 6.07) is 15.3. The molecule has 158 valence electrons. The molecule has 0 saturated carbocycles. The van der Waals surface area contributed by atoms with Crippen molar-refractivity contribution < 1.29 is 14.3 Å². The predicted octanol–water partition coefficient (Wildman–Crippen LogP) is 4.13. The molecule has 0 aliphatic heterocycles. The number of thioether (sulfide) groups is 1. The van der Waals surface area contributed by atoms with Crippen LogP contribution >= 0.6 is 11.8 Å². The zero-order valence-electron chi connectivity index (χ0n) is 17.7. The zero-order chi connectivity index (χ0) is 21.5. The second kappa shape index (κ2) is 10.2. The minimum Gasteiger partial charge on any atom is -0.497 e. The number of anilines is 1. The number of benzene rings is 2. The third-order valence-electron chi connectivity index (χ3n) is 4.65. The van der Waals surface area contributed by atoms with Gasteiger partial charge in [0.1, 0.15) is 11.5 Å². The van der Waals surface area contributed by atoms with Crippen molar-refractivity contribution >= 4 is 23.4 Å². The fourth-order valence-electron chi connectivity index (χ4n) is 3.15. The molecule has 30 heavy (non-hydrogen) atoms. The summed E-state index contributed by atoms with van der Waals surface area (Å²) < 4.78 is 12.7. The Morgan fingerprint density at radius 2 is 1.70 bits per heavy atom. The topological polar surface area (TPSA) is 69.5 Å².